The fourth-order valence-electron chi connectivity index (χ4n) is 3.26. The topological polar surface area (TPSA) is 40.5 Å². The van der Waals surface area contributed by atoms with Crippen LogP contribution in [-0.4, -0.2) is 35.1 Å². The molecule has 2 unspecified atom stereocenters. The third kappa shape index (κ3) is 1.81. The van der Waals surface area contributed by atoms with Crippen molar-refractivity contribution < 1.29 is 9.90 Å². The maximum atomic E-state index is 12.3. The summed E-state index contributed by atoms with van der Waals surface area (Å²) < 4.78 is 0. The number of rotatable bonds is 2. The molecule has 2 aromatic rings. The molecule has 20 heavy (non-hydrogen) atoms. The number of β-amino-alcohol motifs (C(OH)–C–C–N with tert-alkyl or cyclic N) is 1. The standard InChI is InChI=1S/C17H17NO2/c19-12-9-18(10-12)17(20)16-8-15(16)14-7-3-5-11-4-1-2-6-13(11)14/h1-7,12,15-16,19H,8-10H2. The highest BCUT2D eigenvalue weighted by Gasteiger charge is 2.48. The van der Waals surface area contributed by atoms with Gasteiger partial charge >= 0.3 is 0 Å². The largest absolute Gasteiger partial charge is 0.389 e. The van der Waals surface area contributed by atoms with Gasteiger partial charge in [-0.1, -0.05) is 42.5 Å². The Morgan fingerprint density at radius 3 is 2.65 bits per heavy atom. The van der Waals surface area contributed by atoms with E-state index >= 15 is 0 Å². The van der Waals surface area contributed by atoms with Crippen molar-refractivity contribution in [2.45, 2.75) is 18.4 Å². The van der Waals surface area contributed by atoms with Crippen LogP contribution >= 0.6 is 0 Å². The molecule has 0 radical (unpaired) electrons. The summed E-state index contributed by atoms with van der Waals surface area (Å²) in [5.74, 6) is 0.688. The van der Waals surface area contributed by atoms with Gasteiger partial charge in [0.25, 0.3) is 0 Å². The van der Waals surface area contributed by atoms with Crippen LogP contribution in [-0.2, 0) is 4.79 Å². The number of hydrogen-bond acceptors (Lipinski definition) is 2. The van der Waals surface area contributed by atoms with Crippen LogP contribution in [0.3, 0.4) is 0 Å². The Morgan fingerprint density at radius 1 is 1.10 bits per heavy atom. The molecule has 102 valence electrons. The van der Waals surface area contributed by atoms with Gasteiger partial charge in [-0.15, -0.1) is 0 Å². The fourth-order valence-corrected chi connectivity index (χ4v) is 3.26. The molecule has 0 bridgehead atoms. The summed E-state index contributed by atoms with van der Waals surface area (Å²) in [6, 6.07) is 14.7. The number of nitrogens with zero attached hydrogens (tertiary/aromatic N) is 1. The third-order valence-corrected chi connectivity index (χ3v) is 4.50. The van der Waals surface area contributed by atoms with Gasteiger partial charge in [-0.05, 0) is 28.7 Å². The minimum Gasteiger partial charge on any atom is -0.389 e. The van der Waals surface area contributed by atoms with E-state index in [1.807, 2.05) is 6.07 Å². The summed E-state index contributed by atoms with van der Waals surface area (Å²) in [5, 5.41) is 11.8. The number of likely N-dealkylation sites (tertiary alicyclic amines) is 1. The summed E-state index contributed by atoms with van der Waals surface area (Å²) in [7, 11) is 0. The zero-order valence-corrected chi connectivity index (χ0v) is 11.2. The van der Waals surface area contributed by atoms with E-state index < -0.39 is 0 Å². The minimum absolute atomic E-state index is 0.119. The Bertz CT molecular complexity index is 670. The lowest BCUT2D eigenvalue weighted by molar-refractivity contribution is -0.142. The molecule has 2 fully saturated rings. The minimum atomic E-state index is -0.311. The lowest BCUT2D eigenvalue weighted by Crippen LogP contribution is -2.54. The second-order valence-corrected chi connectivity index (χ2v) is 5.91. The van der Waals surface area contributed by atoms with Gasteiger partial charge in [-0.2, -0.15) is 0 Å². The molecule has 1 aliphatic heterocycles. The lowest BCUT2D eigenvalue weighted by atomic mass is 9.99. The summed E-state index contributed by atoms with van der Waals surface area (Å²) >= 11 is 0. The monoisotopic (exact) mass is 267 g/mol. The quantitative estimate of drug-likeness (QED) is 0.905. The summed E-state index contributed by atoms with van der Waals surface area (Å²) in [4.78, 5) is 14.0. The maximum absolute atomic E-state index is 12.3. The Morgan fingerprint density at radius 2 is 1.85 bits per heavy atom. The summed E-state index contributed by atoms with van der Waals surface area (Å²) in [6.45, 7) is 1.02. The predicted octanol–water partition coefficient (Wildman–Crippen LogP) is 2.15. The Kier molecular flexibility index (Phi) is 2.57. The van der Waals surface area contributed by atoms with Crippen molar-refractivity contribution in [3.05, 3.63) is 48.0 Å². The Balaban J connectivity index is 1.58. The van der Waals surface area contributed by atoms with E-state index in [0.717, 1.165) is 6.42 Å². The van der Waals surface area contributed by atoms with Crippen molar-refractivity contribution in [1.82, 2.24) is 4.90 Å². The molecule has 1 saturated carbocycles. The third-order valence-electron chi connectivity index (χ3n) is 4.50. The smallest absolute Gasteiger partial charge is 0.226 e. The van der Waals surface area contributed by atoms with E-state index in [1.165, 1.54) is 16.3 Å². The van der Waals surface area contributed by atoms with E-state index in [-0.39, 0.29) is 17.9 Å². The van der Waals surface area contributed by atoms with E-state index in [0.29, 0.717) is 19.0 Å². The number of benzene rings is 2. The highest BCUT2D eigenvalue weighted by Crippen LogP contribution is 2.50. The molecular formula is C17H17NO2. The number of carbonyl (C=O) groups excluding carboxylic acids is 1. The zero-order valence-electron chi connectivity index (χ0n) is 11.2. The van der Waals surface area contributed by atoms with Crippen LogP contribution in [0.15, 0.2) is 42.5 Å². The summed E-state index contributed by atoms with van der Waals surface area (Å²) in [5.41, 5.74) is 1.29. The van der Waals surface area contributed by atoms with Gasteiger partial charge < -0.3 is 10.0 Å². The first-order valence-electron chi connectivity index (χ1n) is 7.18. The van der Waals surface area contributed by atoms with Gasteiger partial charge in [0.2, 0.25) is 5.91 Å². The molecule has 1 amide bonds. The molecule has 1 aliphatic carbocycles. The van der Waals surface area contributed by atoms with E-state index in [1.54, 1.807) is 4.90 Å². The summed E-state index contributed by atoms with van der Waals surface area (Å²) in [6.07, 6.45) is 0.633. The van der Waals surface area contributed by atoms with Crippen molar-refractivity contribution >= 4 is 16.7 Å². The molecule has 2 aliphatic rings. The first kappa shape index (κ1) is 11.9. The second kappa shape index (κ2) is 4.32. The van der Waals surface area contributed by atoms with Crippen molar-refractivity contribution in [2.24, 2.45) is 5.92 Å². The normalized spacial score (nSPS) is 25.6. The number of hydrogen-bond donors (Lipinski definition) is 1. The van der Waals surface area contributed by atoms with E-state index in [4.69, 9.17) is 0 Å². The second-order valence-electron chi connectivity index (χ2n) is 5.91. The number of carbonyl (C=O) groups is 1. The van der Waals surface area contributed by atoms with Crippen molar-refractivity contribution in [3.63, 3.8) is 0 Å². The van der Waals surface area contributed by atoms with E-state index in [2.05, 4.69) is 36.4 Å². The van der Waals surface area contributed by atoms with Gasteiger partial charge in [0.1, 0.15) is 0 Å². The predicted molar refractivity (Wildman–Crippen MR) is 77.4 cm³/mol. The molecular weight excluding hydrogens is 250 g/mol. The number of aliphatic hydroxyl groups excluding tert-OH is 1. The Hall–Kier alpha value is -1.87. The molecule has 1 heterocycles. The van der Waals surface area contributed by atoms with Crippen LogP contribution in [0.2, 0.25) is 0 Å². The van der Waals surface area contributed by atoms with Gasteiger partial charge in [0.05, 0.1) is 6.10 Å². The first-order chi connectivity index (χ1) is 9.74. The number of amides is 1. The van der Waals surface area contributed by atoms with Crippen LogP contribution in [0.1, 0.15) is 17.9 Å². The lowest BCUT2D eigenvalue weighted by Gasteiger charge is -2.36. The van der Waals surface area contributed by atoms with Gasteiger partial charge in [0, 0.05) is 19.0 Å². The van der Waals surface area contributed by atoms with Crippen molar-refractivity contribution in [2.75, 3.05) is 13.1 Å². The molecule has 4 rings (SSSR count). The zero-order chi connectivity index (χ0) is 13.7. The first-order valence-corrected chi connectivity index (χ1v) is 7.18. The molecule has 3 nitrogen and oxygen atoms in total. The molecule has 0 aromatic heterocycles. The molecule has 3 heteroatoms. The molecule has 0 spiro atoms. The van der Waals surface area contributed by atoms with E-state index in [9.17, 15) is 9.90 Å². The average molecular weight is 267 g/mol. The SMILES string of the molecule is O=C(C1CC1c1cccc2ccccc12)N1CC(O)C1. The van der Waals surface area contributed by atoms with Gasteiger partial charge in [0.15, 0.2) is 0 Å². The number of aliphatic hydroxyl groups is 1. The number of fused-ring (bicyclic) bond motifs is 1. The molecule has 1 saturated heterocycles. The molecule has 2 atom stereocenters. The van der Waals surface area contributed by atoms with Crippen LogP contribution < -0.4 is 0 Å². The van der Waals surface area contributed by atoms with Crippen molar-refractivity contribution in [1.29, 1.82) is 0 Å². The highest BCUT2D eigenvalue weighted by molar-refractivity contribution is 5.89. The fraction of sp³-hybridized carbons (Fsp3) is 0.353. The maximum Gasteiger partial charge on any atom is 0.226 e. The molecule has 2 aromatic carbocycles. The van der Waals surface area contributed by atoms with Crippen LogP contribution in [0.25, 0.3) is 10.8 Å². The highest BCUT2D eigenvalue weighted by atomic mass is 16.3. The van der Waals surface area contributed by atoms with Gasteiger partial charge in [-0.3, -0.25) is 4.79 Å². The van der Waals surface area contributed by atoms with Crippen LogP contribution in [0.5, 0.6) is 0 Å². The Labute approximate surface area is 117 Å². The van der Waals surface area contributed by atoms with Crippen LogP contribution in [0, 0.1) is 5.92 Å². The van der Waals surface area contributed by atoms with Gasteiger partial charge in [-0.25, -0.2) is 0 Å². The molecule has 1 N–H and O–H groups in total. The average Bonchev–Trinajstić information content (AvgIpc) is 3.23. The van der Waals surface area contributed by atoms with Crippen molar-refractivity contribution in [3.8, 4) is 0 Å². The van der Waals surface area contributed by atoms with Crippen LogP contribution in [0.4, 0.5) is 0 Å².